The molecule has 0 bridgehead atoms. The van der Waals surface area contributed by atoms with Crippen LogP contribution in [0.2, 0.25) is 0 Å². The molecule has 1 aromatic carbocycles. The molecule has 1 aliphatic rings. The minimum Gasteiger partial charge on any atom is -0.381 e. The molecular formula is C16H26N2O. The number of rotatable bonds is 6. The van der Waals surface area contributed by atoms with Crippen LogP contribution in [-0.4, -0.2) is 43.8 Å². The average Bonchev–Trinajstić information content (AvgIpc) is 2.40. The molecule has 2 rings (SSSR count). The number of nitrogens with zero attached hydrogens (tertiary/aromatic N) is 1. The molecule has 0 amide bonds. The van der Waals surface area contributed by atoms with E-state index >= 15 is 0 Å². The summed E-state index contributed by atoms with van der Waals surface area (Å²) in [5.74, 6) is 0. The predicted octanol–water partition coefficient (Wildman–Crippen LogP) is 2.28. The van der Waals surface area contributed by atoms with Crippen molar-refractivity contribution in [3.05, 3.63) is 35.9 Å². The molecule has 0 saturated carbocycles. The molecule has 0 aromatic heterocycles. The fourth-order valence-corrected chi connectivity index (χ4v) is 2.75. The third kappa shape index (κ3) is 5.31. The lowest BCUT2D eigenvalue weighted by Crippen LogP contribution is -2.45. The summed E-state index contributed by atoms with van der Waals surface area (Å²) in [6, 6.07) is 11.8. The lowest BCUT2D eigenvalue weighted by Gasteiger charge is -2.29. The summed E-state index contributed by atoms with van der Waals surface area (Å²) >= 11 is 0. The van der Waals surface area contributed by atoms with Gasteiger partial charge in [0.05, 0.1) is 0 Å². The second-order valence-corrected chi connectivity index (χ2v) is 5.64. The van der Waals surface area contributed by atoms with Crippen LogP contribution in [-0.2, 0) is 11.3 Å². The molecule has 3 nitrogen and oxygen atoms in total. The lowest BCUT2D eigenvalue weighted by atomic mass is 10.1. The number of likely N-dealkylation sites (N-methyl/N-ethyl adjacent to an activating group) is 1. The highest BCUT2D eigenvalue weighted by molar-refractivity contribution is 5.14. The fourth-order valence-electron chi connectivity index (χ4n) is 2.75. The highest BCUT2D eigenvalue weighted by atomic mass is 16.5. The number of hydrogen-bond donors (Lipinski definition) is 1. The van der Waals surface area contributed by atoms with Gasteiger partial charge >= 0.3 is 0 Å². The first-order chi connectivity index (χ1) is 9.24. The van der Waals surface area contributed by atoms with Gasteiger partial charge in [-0.3, -0.25) is 0 Å². The number of nitrogens with one attached hydrogen (secondary N) is 1. The van der Waals surface area contributed by atoms with Crippen LogP contribution < -0.4 is 5.32 Å². The first-order valence-electron chi connectivity index (χ1n) is 7.30. The van der Waals surface area contributed by atoms with Crippen LogP contribution in [0.1, 0.15) is 25.3 Å². The Morgan fingerprint density at radius 3 is 2.63 bits per heavy atom. The van der Waals surface area contributed by atoms with Crippen molar-refractivity contribution in [3.63, 3.8) is 0 Å². The van der Waals surface area contributed by atoms with Crippen LogP contribution in [0.25, 0.3) is 0 Å². The highest BCUT2D eigenvalue weighted by Crippen LogP contribution is 2.08. The van der Waals surface area contributed by atoms with E-state index in [1.54, 1.807) is 0 Å². The van der Waals surface area contributed by atoms with Crippen LogP contribution in [0.3, 0.4) is 0 Å². The van der Waals surface area contributed by atoms with Crippen molar-refractivity contribution < 1.29 is 4.74 Å². The Hall–Kier alpha value is -0.900. The fraction of sp³-hybridized carbons (Fsp3) is 0.625. The standard InChI is InChI=1S/C16H26N2O/c1-14(17-16-8-10-19-11-9-16)12-18(2)13-15-6-4-3-5-7-15/h3-7,14,16-17H,8-13H2,1-2H3/t14-/m0/s1. The molecule has 0 unspecified atom stereocenters. The Morgan fingerprint density at radius 2 is 1.95 bits per heavy atom. The molecule has 1 N–H and O–H groups in total. The normalized spacial score (nSPS) is 18.7. The average molecular weight is 262 g/mol. The van der Waals surface area contributed by atoms with Crippen molar-refractivity contribution in [1.29, 1.82) is 0 Å². The Balaban J connectivity index is 1.70. The van der Waals surface area contributed by atoms with E-state index in [0.29, 0.717) is 12.1 Å². The molecule has 1 atom stereocenters. The van der Waals surface area contributed by atoms with Gasteiger partial charge in [0, 0.05) is 38.4 Å². The number of benzene rings is 1. The minimum absolute atomic E-state index is 0.525. The van der Waals surface area contributed by atoms with E-state index in [2.05, 4.69) is 54.5 Å². The quantitative estimate of drug-likeness (QED) is 0.851. The monoisotopic (exact) mass is 262 g/mol. The molecule has 1 saturated heterocycles. The number of ether oxygens (including phenoxy) is 1. The van der Waals surface area contributed by atoms with Crippen molar-refractivity contribution in [1.82, 2.24) is 10.2 Å². The second kappa shape index (κ2) is 7.63. The first kappa shape index (κ1) is 14.5. The van der Waals surface area contributed by atoms with Crippen molar-refractivity contribution in [3.8, 4) is 0 Å². The predicted molar refractivity (Wildman–Crippen MR) is 79.2 cm³/mol. The van der Waals surface area contributed by atoms with Gasteiger partial charge in [0.25, 0.3) is 0 Å². The molecule has 1 aliphatic heterocycles. The van der Waals surface area contributed by atoms with E-state index in [1.165, 1.54) is 5.56 Å². The van der Waals surface area contributed by atoms with Gasteiger partial charge in [-0.1, -0.05) is 30.3 Å². The van der Waals surface area contributed by atoms with Gasteiger partial charge in [0.1, 0.15) is 0 Å². The summed E-state index contributed by atoms with van der Waals surface area (Å²) in [6.07, 6.45) is 2.29. The summed E-state index contributed by atoms with van der Waals surface area (Å²) in [6.45, 7) is 6.18. The summed E-state index contributed by atoms with van der Waals surface area (Å²) in [4.78, 5) is 2.38. The Labute approximate surface area is 116 Å². The zero-order valence-electron chi connectivity index (χ0n) is 12.1. The van der Waals surface area contributed by atoms with Gasteiger partial charge in [-0.05, 0) is 32.4 Å². The van der Waals surface area contributed by atoms with Gasteiger partial charge in [-0.15, -0.1) is 0 Å². The van der Waals surface area contributed by atoms with E-state index < -0.39 is 0 Å². The molecule has 19 heavy (non-hydrogen) atoms. The van der Waals surface area contributed by atoms with Crippen LogP contribution in [0.5, 0.6) is 0 Å². The maximum Gasteiger partial charge on any atom is 0.0480 e. The third-order valence-corrected chi connectivity index (χ3v) is 3.62. The largest absolute Gasteiger partial charge is 0.381 e. The molecule has 0 spiro atoms. The Bertz CT molecular complexity index is 349. The zero-order valence-corrected chi connectivity index (χ0v) is 12.1. The van der Waals surface area contributed by atoms with Crippen LogP contribution in [0, 0.1) is 0 Å². The van der Waals surface area contributed by atoms with E-state index in [9.17, 15) is 0 Å². The molecule has 0 radical (unpaired) electrons. The maximum absolute atomic E-state index is 5.39. The summed E-state index contributed by atoms with van der Waals surface area (Å²) < 4.78 is 5.39. The highest BCUT2D eigenvalue weighted by Gasteiger charge is 2.16. The van der Waals surface area contributed by atoms with Gasteiger partial charge in [0.2, 0.25) is 0 Å². The lowest BCUT2D eigenvalue weighted by molar-refractivity contribution is 0.0740. The van der Waals surface area contributed by atoms with Crippen LogP contribution in [0.15, 0.2) is 30.3 Å². The molecule has 106 valence electrons. The van der Waals surface area contributed by atoms with Crippen molar-refractivity contribution in [2.24, 2.45) is 0 Å². The Kier molecular flexibility index (Phi) is 5.83. The van der Waals surface area contributed by atoms with Crippen molar-refractivity contribution >= 4 is 0 Å². The SMILES string of the molecule is C[C@@H](CN(C)Cc1ccccc1)NC1CCOCC1. The Morgan fingerprint density at radius 1 is 1.26 bits per heavy atom. The van der Waals surface area contributed by atoms with Gasteiger partial charge in [-0.2, -0.15) is 0 Å². The van der Waals surface area contributed by atoms with E-state index in [0.717, 1.165) is 39.1 Å². The van der Waals surface area contributed by atoms with Crippen molar-refractivity contribution in [2.45, 2.75) is 38.4 Å². The molecule has 1 fully saturated rings. The molecule has 3 heteroatoms. The van der Waals surface area contributed by atoms with E-state index in [1.807, 2.05) is 0 Å². The zero-order chi connectivity index (χ0) is 13.5. The molecule has 0 aliphatic carbocycles. The molecule has 1 heterocycles. The minimum atomic E-state index is 0.525. The van der Waals surface area contributed by atoms with Gasteiger partial charge in [-0.25, -0.2) is 0 Å². The van der Waals surface area contributed by atoms with Crippen molar-refractivity contribution in [2.75, 3.05) is 26.8 Å². The first-order valence-corrected chi connectivity index (χ1v) is 7.30. The van der Waals surface area contributed by atoms with Crippen LogP contribution in [0.4, 0.5) is 0 Å². The maximum atomic E-state index is 5.39. The van der Waals surface area contributed by atoms with Gasteiger partial charge < -0.3 is 15.0 Å². The summed E-state index contributed by atoms with van der Waals surface area (Å²) in [5, 5.41) is 3.71. The second-order valence-electron chi connectivity index (χ2n) is 5.64. The number of hydrogen-bond acceptors (Lipinski definition) is 3. The van der Waals surface area contributed by atoms with Gasteiger partial charge in [0.15, 0.2) is 0 Å². The summed E-state index contributed by atoms with van der Waals surface area (Å²) in [5.41, 5.74) is 1.38. The third-order valence-electron chi connectivity index (χ3n) is 3.62. The van der Waals surface area contributed by atoms with Crippen LogP contribution >= 0.6 is 0 Å². The van der Waals surface area contributed by atoms with E-state index in [-0.39, 0.29) is 0 Å². The molecule has 1 aromatic rings. The topological polar surface area (TPSA) is 24.5 Å². The molecular weight excluding hydrogens is 236 g/mol. The smallest absolute Gasteiger partial charge is 0.0480 e. The van der Waals surface area contributed by atoms with E-state index in [4.69, 9.17) is 4.74 Å². The summed E-state index contributed by atoms with van der Waals surface area (Å²) in [7, 11) is 2.19.